The summed E-state index contributed by atoms with van der Waals surface area (Å²) in [6.07, 6.45) is 4.94. The zero-order valence-electron chi connectivity index (χ0n) is 15.9. The Morgan fingerprint density at radius 2 is 1.48 bits per heavy atom. The number of rotatable bonds is 6. The summed E-state index contributed by atoms with van der Waals surface area (Å²) >= 11 is 0. The summed E-state index contributed by atoms with van der Waals surface area (Å²) in [5.74, 6) is -0.222. The first-order valence-corrected chi connectivity index (χ1v) is 10.4. The van der Waals surface area contributed by atoms with Gasteiger partial charge in [0.25, 0.3) is 0 Å². The van der Waals surface area contributed by atoms with Crippen molar-refractivity contribution in [3.63, 3.8) is 0 Å². The molecule has 0 radical (unpaired) electrons. The van der Waals surface area contributed by atoms with Crippen LogP contribution in [0.25, 0.3) is 0 Å². The summed E-state index contributed by atoms with van der Waals surface area (Å²) in [4.78, 5) is 3.57. The van der Waals surface area contributed by atoms with Gasteiger partial charge in [0, 0.05) is 18.8 Å². The molecule has 4 rings (SSSR count). The van der Waals surface area contributed by atoms with Gasteiger partial charge in [-0.1, -0.05) is 24.3 Å². The third-order valence-electron chi connectivity index (χ3n) is 6.53. The minimum absolute atomic E-state index is 0.198. The van der Waals surface area contributed by atoms with E-state index in [0.29, 0.717) is 0 Å². The van der Waals surface area contributed by atoms with Gasteiger partial charge < -0.3 is 9.80 Å². The third kappa shape index (κ3) is 4.56. The second kappa shape index (κ2) is 8.49. The molecule has 0 aromatic heterocycles. The Kier molecular flexibility index (Phi) is 5.84. The summed E-state index contributed by atoms with van der Waals surface area (Å²) < 4.78 is 26.7. The molecule has 4 heteroatoms. The summed E-state index contributed by atoms with van der Waals surface area (Å²) in [6, 6.07) is 14.5. The predicted octanol–water partition coefficient (Wildman–Crippen LogP) is 1.82. The van der Waals surface area contributed by atoms with E-state index in [-0.39, 0.29) is 17.6 Å². The molecule has 27 heavy (non-hydrogen) atoms. The van der Waals surface area contributed by atoms with Crippen molar-refractivity contribution < 1.29 is 18.6 Å². The lowest BCUT2D eigenvalue weighted by Crippen LogP contribution is -3.29. The maximum absolute atomic E-state index is 13.4. The maximum Gasteiger partial charge on any atom is 0.137 e. The molecule has 2 aromatic rings. The number of quaternary nitrogens is 2. The van der Waals surface area contributed by atoms with E-state index in [1.54, 1.807) is 4.90 Å². The van der Waals surface area contributed by atoms with Crippen LogP contribution in [0, 0.1) is 11.6 Å². The van der Waals surface area contributed by atoms with Gasteiger partial charge >= 0.3 is 0 Å². The van der Waals surface area contributed by atoms with E-state index in [1.807, 2.05) is 29.2 Å². The molecule has 2 nitrogen and oxygen atoms in total. The fourth-order valence-electron chi connectivity index (χ4n) is 5.05. The summed E-state index contributed by atoms with van der Waals surface area (Å²) in [5, 5.41) is 0. The van der Waals surface area contributed by atoms with Crippen molar-refractivity contribution >= 4 is 0 Å². The molecule has 3 atom stereocenters. The molecule has 2 N–H and O–H groups in total. The average molecular weight is 373 g/mol. The quantitative estimate of drug-likeness (QED) is 0.766. The minimum atomic E-state index is -0.210. The second-order valence-electron chi connectivity index (χ2n) is 8.25. The van der Waals surface area contributed by atoms with Crippen molar-refractivity contribution in [3.8, 4) is 0 Å². The molecule has 144 valence electrons. The van der Waals surface area contributed by atoms with Crippen LogP contribution in [-0.4, -0.2) is 38.8 Å². The molecular formula is C23H30F2N2+2. The number of halogens is 2. The number of nitrogens with one attached hydrogen (secondary N) is 2. The number of fused-ring (bicyclic) bond motifs is 1. The topological polar surface area (TPSA) is 8.88 Å². The van der Waals surface area contributed by atoms with Crippen molar-refractivity contribution in [2.45, 2.75) is 37.6 Å². The smallest absolute Gasteiger partial charge is 0.137 e. The SMILES string of the molecule is Fc1ccc(C(CCC[NH+]2CC[NH+]3CCCC3C2)c2ccc(F)cc2)cc1. The van der Waals surface area contributed by atoms with Crippen LogP contribution < -0.4 is 9.80 Å². The molecule has 2 heterocycles. The van der Waals surface area contributed by atoms with Crippen LogP contribution in [0.15, 0.2) is 48.5 Å². The third-order valence-corrected chi connectivity index (χ3v) is 6.53. The van der Waals surface area contributed by atoms with Gasteiger partial charge in [-0.25, -0.2) is 8.78 Å². The fourth-order valence-corrected chi connectivity index (χ4v) is 5.05. The highest BCUT2D eigenvalue weighted by atomic mass is 19.1. The maximum atomic E-state index is 13.4. The zero-order chi connectivity index (χ0) is 18.6. The highest BCUT2D eigenvalue weighted by Crippen LogP contribution is 2.29. The average Bonchev–Trinajstić information content (AvgIpc) is 3.15. The molecule has 2 aliphatic heterocycles. The van der Waals surface area contributed by atoms with Crippen LogP contribution in [0.5, 0.6) is 0 Å². The second-order valence-corrected chi connectivity index (χ2v) is 8.25. The number of piperazine rings is 1. The molecule has 2 aliphatic rings. The van der Waals surface area contributed by atoms with Crippen molar-refractivity contribution in [1.82, 2.24) is 0 Å². The van der Waals surface area contributed by atoms with Crippen molar-refractivity contribution in [3.05, 3.63) is 71.3 Å². The molecule has 0 amide bonds. The van der Waals surface area contributed by atoms with Gasteiger partial charge in [0.15, 0.2) is 0 Å². The van der Waals surface area contributed by atoms with Gasteiger partial charge in [0.05, 0.1) is 13.1 Å². The predicted molar refractivity (Wildman–Crippen MR) is 103 cm³/mol. The van der Waals surface area contributed by atoms with Crippen molar-refractivity contribution in [2.24, 2.45) is 0 Å². The van der Waals surface area contributed by atoms with Crippen LogP contribution >= 0.6 is 0 Å². The Labute approximate surface area is 160 Å². The highest BCUT2D eigenvalue weighted by molar-refractivity contribution is 5.32. The van der Waals surface area contributed by atoms with Gasteiger partial charge in [0.1, 0.15) is 37.3 Å². The number of hydrogen-bond acceptors (Lipinski definition) is 0. The normalized spacial score (nSPS) is 24.9. The van der Waals surface area contributed by atoms with E-state index in [2.05, 4.69) is 0 Å². The number of benzene rings is 2. The molecule has 0 spiro atoms. The van der Waals surface area contributed by atoms with E-state index >= 15 is 0 Å². The van der Waals surface area contributed by atoms with E-state index in [1.165, 1.54) is 69.8 Å². The van der Waals surface area contributed by atoms with Gasteiger partial charge in [-0.3, -0.25) is 0 Å². The fraction of sp³-hybridized carbons (Fsp3) is 0.478. The lowest BCUT2D eigenvalue weighted by atomic mass is 9.87. The Morgan fingerprint density at radius 3 is 2.11 bits per heavy atom. The highest BCUT2D eigenvalue weighted by Gasteiger charge is 2.36. The molecule has 2 fully saturated rings. The Balaban J connectivity index is 1.40. The monoisotopic (exact) mass is 372 g/mol. The molecule has 2 saturated heterocycles. The van der Waals surface area contributed by atoms with Gasteiger partial charge in [-0.05, 0) is 48.2 Å². The molecule has 0 aliphatic carbocycles. The zero-order valence-corrected chi connectivity index (χ0v) is 15.9. The van der Waals surface area contributed by atoms with Crippen LogP contribution in [0.2, 0.25) is 0 Å². The van der Waals surface area contributed by atoms with Crippen molar-refractivity contribution in [1.29, 1.82) is 0 Å². The number of hydrogen-bond donors (Lipinski definition) is 2. The van der Waals surface area contributed by atoms with E-state index in [4.69, 9.17) is 0 Å². The molecule has 0 bridgehead atoms. The van der Waals surface area contributed by atoms with Crippen LogP contribution in [0.1, 0.15) is 42.7 Å². The lowest BCUT2D eigenvalue weighted by Gasteiger charge is -2.32. The summed E-state index contributed by atoms with van der Waals surface area (Å²) in [6.45, 7) is 6.48. The standard InChI is InChI=1S/C23H28F2N2/c24-20-9-5-18(6-10-20)23(19-7-11-21(25)12-8-19)4-2-13-26-15-16-27-14-1-3-22(27)17-26/h5-12,22-23H,1-4,13-17H2/p+2. The Hall–Kier alpha value is -1.78. The van der Waals surface area contributed by atoms with Crippen LogP contribution in [0.4, 0.5) is 8.78 Å². The van der Waals surface area contributed by atoms with E-state index < -0.39 is 0 Å². The largest absolute Gasteiger partial charge is 0.325 e. The van der Waals surface area contributed by atoms with Gasteiger partial charge in [0.2, 0.25) is 0 Å². The van der Waals surface area contributed by atoms with Crippen LogP contribution in [0.3, 0.4) is 0 Å². The summed E-state index contributed by atoms with van der Waals surface area (Å²) in [7, 11) is 0. The molecule has 3 unspecified atom stereocenters. The Morgan fingerprint density at radius 1 is 0.852 bits per heavy atom. The summed E-state index contributed by atoms with van der Waals surface area (Å²) in [5.41, 5.74) is 2.23. The first-order chi connectivity index (χ1) is 13.2. The molecule has 2 aromatic carbocycles. The van der Waals surface area contributed by atoms with Gasteiger partial charge in [-0.15, -0.1) is 0 Å². The molecular weight excluding hydrogens is 342 g/mol. The van der Waals surface area contributed by atoms with Crippen LogP contribution in [-0.2, 0) is 0 Å². The first-order valence-electron chi connectivity index (χ1n) is 10.4. The lowest BCUT2D eigenvalue weighted by molar-refractivity contribution is -1.02. The van der Waals surface area contributed by atoms with E-state index in [0.717, 1.165) is 30.0 Å². The first kappa shape index (κ1) is 18.6. The minimum Gasteiger partial charge on any atom is -0.325 e. The Bertz CT molecular complexity index is 684. The van der Waals surface area contributed by atoms with Gasteiger partial charge in [-0.2, -0.15) is 0 Å². The van der Waals surface area contributed by atoms with E-state index in [9.17, 15) is 8.78 Å². The van der Waals surface area contributed by atoms with Crippen molar-refractivity contribution in [2.75, 3.05) is 32.7 Å². The molecule has 0 saturated carbocycles.